The van der Waals surface area contributed by atoms with E-state index >= 15 is 0 Å². The van der Waals surface area contributed by atoms with E-state index in [4.69, 9.17) is 34.7 Å². The van der Waals surface area contributed by atoms with Crippen molar-refractivity contribution in [3.8, 4) is 0 Å². The van der Waals surface area contributed by atoms with E-state index in [1.165, 1.54) is 0 Å². The van der Waals surface area contributed by atoms with Crippen LogP contribution in [0.4, 0.5) is 0 Å². The van der Waals surface area contributed by atoms with Crippen molar-refractivity contribution in [1.82, 2.24) is 0 Å². The second kappa shape index (κ2) is 6.81. The third kappa shape index (κ3) is 3.78. The summed E-state index contributed by atoms with van der Waals surface area (Å²) < 4.78 is 0. The molecule has 0 fully saturated rings. The Morgan fingerprint density at radius 1 is 0.773 bits per heavy atom. The predicted octanol–water partition coefficient (Wildman–Crippen LogP) is 3.64. The van der Waals surface area contributed by atoms with Gasteiger partial charge in [0.05, 0.1) is 0 Å². The first kappa shape index (κ1) is 16.3. The molecule has 114 valence electrons. The van der Waals surface area contributed by atoms with E-state index in [0.717, 1.165) is 11.1 Å². The molecule has 0 aromatic heterocycles. The van der Waals surface area contributed by atoms with E-state index in [2.05, 4.69) is 10.2 Å². The third-order valence-corrected chi connectivity index (χ3v) is 4.02. The van der Waals surface area contributed by atoms with Crippen LogP contribution in [0.15, 0.2) is 46.6 Å². The van der Waals surface area contributed by atoms with Crippen LogP contribution in [0, 0.1) is 13.8 Å². The number of hydrogen-bond donors (Lipinski definition) is 2. The Morgan fingerprint density at radius 3 is 1.45 bits per heavy atom. The first-order valence-corrected chi connectivity index (χ1v) is 7.33. The number of benzene rings is 2. The highest BCUT2D eigenvalue weighted by atomic mass is 35.5. The van der Waals surface area contributed by atoms with E-state index in [9.17, 15) is 0 Å². The standard InChI is InChI=1S/C16H16Cl2N4/c1-9-3-5-11(7-13(9)17)15(19)21-22-16(20)12-6-4-10(2)14(18)8-12/h3-8H,1-2H3,(H2,19,21)(H2,20,22). The Bertz CT molecular complexity index is 701. The largest absolute Gasteiger partial charge is 0.382 e. The summed E-state index contributed by atoms with van der Waals surface area (Å²) in [4.78, 5) is 0. The van der Waals surface area contributed by atoms with Gasteiger partial charge in [-0.2, -0.15) is 0 Å². The zero-order chi connectivity index (χ0) is 16.3. The molecule has 0 saturated heterocycles. The summed E-state index contributed by atoms with van der Waals surface area (Å²) in [6, 6.07) is 10.9. The van der Waals surface area contributed by atoms with Gasteiger partial charge in [-0.15, -0.1) is 10.2 Å². The number of halogens is 2. The average Bonchev–Trinajstić information content (AvgIpc) is 2.50. The molecule has 4 nitrogen and oxygen atoms in total. The smallest absolute Gasteiger partial charge is 0.153 e. The lowest BCUT2D eigenvalue weighted by molar-refractivity contribution is 1.20. The number of amidine groups is 2. The molecule has 4 N–H and O–H groups in total. The van der Waals surface area contributed by atoms with Crippen LogP contribution in [-0.4, -0.2) is 11.7 Å². The quantitative estimate of drug-likeness (QED) is 0.510. The van der Waals surface area contributed by atoms with Crippen LogP contribution in [0.25, 0.3) is 0 Å². The van der Waals surface area contributed by atoms with Crippen LogP contribution < -0.4 is 11.5 Å². The Hall–Kier alpha value is -2.04. The summed E-state index contributed by atoms with van der Waals surface area (Å²) >= 11 is 12.1. The van der Waals surface area contributed by atoms with Crippen molar-refractivity contribution in [2.45, 2.75) is 13.8 Å². The molecule has 22 heavy (non-hydrogen) atoms. The topological polar surface area (TPSA) is 76.8 Å². The SMILES string of the molecule is Cc1ccc(/C(N)=N/N=C(\N)c2ccc(C)c(Cl)c2)cc1Cl. The lowest BCUT2D eigenvalue weighted by Gasteiger charge is -2.04. The van der Waals surface area contributed by atoms with E-state index in [1.807, 2.05) is 38.1 Å². The van der Waals surface area contributed by atoms with Gasteiger partial charge in [0.25, 0.3) is 0 Å². The molecule has 0 unspecified atom stereocenters. The molecule has 0 aliphatic carbocycles. The summed E-state index contributed by atoms with van der Waals surface area (Å²) in [5.74, 6) is 0.478. The Morgan fingerprint density at radius 2 is 1.14 bits per heavy atom. The summed E-state index contributed by atoms with van der Waals surface area (Å²) in [5, 5.41) is 9.14. The van der Waals surface area contributed by atoms with Gasteiger partial charge in [0.1, 0.15) is 0 Å². The van der Waals surface area contributed by atoms with E-state index in [0.29, 0.717) is 21.2 Å². The van der Waals surface area contributed by atoms with Crippen molar-refractivity contribution in [2.75, 3.05) is 0 Å². The van der Waals surface area contributed by atoms with Crippen molar-refractivity contribution in [3.63, 3.8) is 0 Å². The van der Waals surface area contributed by atoms with Crippen LogP contribution in [-0.2, 0) is 0 Å². The number of aryl methyl sites for hydroxylation is 2. The van der Waals surface area contributed by atoms with Crippen molar-refractivity contribution >= 4 is 34.9 Å². The van der Waals surface area contributed by atoms with Crippen LogP contribution >= 0.6 is 23.2 Å². The van der Waals surface area contributed by atoms with E-state index < -0.39 is 0 Å². The summed E-state index contributed by atoms with van der Waals surface area (Å²) in [6.07, 6.45) is 0. The second-order valence-corrected chi connectivity index (χ2v) is 5.71. The molecule has 2 rings (SSSR count). The fraction of sp³-hybridized carbons (Fsp3) is 0.125. The van der Waals surface area contributed by atoms with Gasteiger partial charge >= 0.3 is 0 Å². The zero-order valence-corrected chi connectivity index (χ0v) is 13.8. The second-order valence-electron chi connectivity index (χ2n) is 4.90. The van der Waals surface area contributed by atoms with Gasteiger partial charge in [0, 0.05) is 21.2 Å². The van der Waals surface area contributed by atoms with Gasteiger partial charge in [0.2, 0.25) is 0 Å². The van der Waals surface area contributed by atoms with Crippen LogP contribution in [0.3, 0.4) is 0 Å². The molecule has 0 saturated carbocycles. The average molecular weight is 335 g/mol. The van der Waals surface area contributed by atoms with Crippen molar-refractivity contribution in [3.05, 3.63) is 68.7 Å². The highest BCUT2D eigenvalue weighted by molar-refractivity contribution is 6.32. The van der Waals surface area contributed by atoms with Crippen LogP contribution in [0.1, 0.15) is 22.3 Å². The number of rotatable bonds is 3. The molecule has 6 heteroatoms. The van der Waals surface area contributed by atoms with Gasteiger partial charge in [0.15, 0.2) is 11.7 Å². The van der Waals surface area contributed by atoms with Gasteiger partial charge in [-0.05, 0) is 37.1 Å². The molecule has 0 heterocycles. The minimum Gasteiger partial charge on any atom is -0.382 e. The molecule has 2 aromatic carbocycles. The molecule has 0 aliphatic heterocycles. The predicted molar refractivity (Wildman–Crippen MR) is 93.8 cm³/mol. The fourth-order valence-corrected chi connectivity index (χ4v) is 2.09. The zero-order valence-electron chi connectivity index (χ0n) is 12.3. The maximum absolute atomic E-state index is 6.06. The normalized spacial score (nSPS) is 12.5. The van der Waals surface area contributed by atoms with Crippen molar-refractivity contribution in [2.24, 2.45) is 21.7 Å². The van der Waals surface area contributed by atoms with Gasteiger partial charge in [-0.3, -0.25) is 0 Å². The molecule has 0 aliphatic rings. The maximum atomic E-state index is 6.06. The maximum Gasteiger partial charge on any atom is 0.153 e. The lowest BCUT2D eigenvalue weighted by atomic mass is 10.1. The first-order valence-electron chi connectivity index (χ1n) is 6.58. The minimum atomic E-state index is 0.239. The number of hydrogen-bond acceptors (Lipinski definition) is 2. The monoisotopic (exact) mass is 334 g/mol. The highest BCUT2D eigenvalue weighted by Gasteiger charge is 2.04. The molecular weight excluding hydrogens is 319 g/mol. The summed E-state index contributed by atoms with van der Waals surface area (Å²) in [7, 11) is 0. The van der Waals surface area contributed by atoms with Crippen LogP contribution in [0.5, 0.6) is 0 Å². The van der Waals surface area contributed by atoms with E-state index in [1.54, 1.807) is 12.1 Å². The summed E-state index contributed by atoms with van der Waals surface area (Å²) in [6.45, 7) is 3.83. The molecule has 0 atom stereocenters. The fourth-order valence-electron chi connectivity index (χ4n) is 1.73. The molecule has 0 radical (unpaired) electrons. The van der Waals surface area contributed by atoms with Crippen molar-refractivity contribution in [1.29, 1.82) is 0 Å². The number of nitrogens with two attached hydrogens (primary N) is 2. The molecule has 0 bridgehead atoms. The Balaban J connectivity index is 2.27. The van der Waals surface area contributed by atoms with Gasteiger partial charge < -0.3 is 11.5 Å². The van der Waals surface area contributed by atoms with E-state index in [-0.39, 0.29) is 11.7 Å². The number of nitrogens with zero attached hydrogens (tertiary/aromatic N) is 2. The highest BCUT2D eigenvalue weighted by Crippen LogP contribution is 2.17. The molecule has 2 aromatic rings. The molecule has 0 amide bonds. The third-order valence-electron chi connectivity index (χ3n) is 3.20. The van der Waals surface area contributed by atoms with Gasteiger partial charge in [-0.25, -0.2) is 0 Å². The van der Waals surface area contributed by atoms with Crippen LogP contribution in [0.2, 0.25) is 10.0 Å². The van der Waals surface area contributed by atoms with Gasteiger partial charge in [-0.1, -0.05) is 47.5 Å². The molecular formula is C16H16Cl2N4. The minimum absolute atomic E-state index is 0.239. The molecule has 0 spiro atoms. The summed E-state index contributed by atoms with van der Waals surface area (Å²) in [5.41, 5.74) is 15.1. The lowest BCUT2D eigenvalue weighted by Crippen LogP contribution is -2.16. The first-order chi connectivity index (χ1) is 10.4. The van der Waals surface area contributed by atoms with Crippen molar-refractivity contribution < 1.29 is 0 Å². The Kier molecular flexibility index (Phi) is 5.06. The Labute approximate surface area is 139 Å².